The Balaban J connectivity index is 2.22. The quantitative estimate of drug-likeness (QED) is 0.855. The summed E-state index contributed by atoms with van der Waals surface area (Å²) in [5.41, 5.74) is 3.36. The van der Waals surface area contributed by atoms with E-state index in [9.17, 15) is 13.2 Å². The third kappa shape index (κ3) is 4.79. The number of hydrogen-bond donors (Lipinski definition) is 1. The fourth-order valence-electron chi connectivity index (χ4n) is 2.51. The summed E-state index contributed by atoms with van der Waals surface area (Å²) in [4.78, 5) is 16.5. The lowest BCUT2D eigenvalue weighted by molar-refractivity contribution is -0.122. The molecule has 0 bridgehead atoms. The van der Waals surface area contributed by atoms with Gasteiger partial charge in [0.2, 0.25) is 15.9 Å². The van der Waals surface area contributed by atoms with Gasteiger partial charge in [0.15, 0.2) is 0 Å². The van der Waals surface area contributed by atoms with Crippen molar-refractivity contribution in [1.29, 1.82) is 0 Å². The summed E-state index contributed by atoms with van der Waals surface area (Å²) in [5, 5.41) is 2.76. The van der Waals surface area contributed by atoms with E-state index in [-0.39, 0.29) is 5.91 Å². The summed E-state index contributed by atoms with van der Waals surface area (Å²) in [6.07, 6.45) is 4.41. The number of nitrogens with zero attached hydrogens (tertiary/aromatic N) is 2. The summed E-state index contributed by atoms with van der Waals surface area (Å²) in [6, 6.07) is 8.10. The van der Waals surface area contributed by atoms with Crippen molar-refractivity contribution in [2.75, 3.05) is 10.6 Å². The number of aromatic nitrogens is 1. The first kappa shape index (κ1) is 18.9. The van der Waals surface area contributed by atoms with E-state index >= 15 is 0 Å². The highest BCUT2D eigenvalue weighted by molar-refractivity contribution is 7.92. The van der Waals surface area contributed by atoms with Crippen LogP contribution >= 0.6 is 0 Å². The molecule has 1 aromatic carbocycles. The number of sulfonamides is 1. The van der Waals surface area contributed by atoms with Crippen LogP contribution in [0.15, 0.2) is 42.7 Å². The van der Waals surface area contributed by atoms with Crippen LogP contribution in [-0.4, -0.2) is 31.6 Å². The van der Waals surface area contributed by atoms with Gasteiger partial charge >= 0.3 is 0 Å². The molecule has 1 N–H and O–H groups in total. The Labute approximate surface area is 148 Å². The minimum atomic E-state index is -3.61. The first-order valence-electron chi connectivity index (χ1n) is 7.93. The smallest absolute Gasteiger partial charge is 0.243 e. The van der Waals surface area contributed by atoms with Gasteiger partial charge in [-0.25, -0.2) is 8.42 Å². The second-order valence-corrected chi connectivity index (χ2v) is 7.94. The molecule has 134 valence electrons. The third-order valence-corrected chi connectivity index (χ3v) is 5.26. The van der Waals surface area contributed by atoms with Crippen molar-refractivity contribution >= 4 is 21.6 Å². The number of hydrogen-bond acceptors (Lipinski definition) is 4. The monoisotopic (exact) mass is 361 g/mol. The molecule has 0 aliphatic heterocycles. The number of carbonyl (C=O) groups is 1. The van der Waals surface area contributed by atoms with Gasteiger partial charge in [-0.15, -0.1) is 0 Å². The number of anilines is 1. The normalized spacial score (nSPS) is 12.5. The van der Waals surface area contributed by atoms with E-state index < -0.39 is 16.1 Å². The number of nitrogens with one attached hydrogen (secondary N) is 1. The molecule has 0 spiro atoms. The zero-order valence-electron chi connectivity index (χ0n) is 14.9. The second kappa shape index (κ2) is 7.65. The zero-order chi connectivity index (χ0) is 18.6. The SMILES string of the molecule is Cc1ccc(N([C@@H](C)C(=O)NCc2cccnc2)S(C)(=O)=O)cc1C. The highest BCUT2D eigenvalue weighted by Gasteiger charge is 2.29. The maximum atomic E-state index is 12.5. The average molecular weight is 361 g/mol. The molecular formula is C18H23N3O3S. The van der Waals surface area contributed by atoms with E-state index in [1.807, 2.05) is 26.0 Å². The number of carbonyl (C=O) groups excluding carboxylic acids is 1. The minimum Gasteiger partial charge on any atom is -0.350 e. The van der Waals surface area contributed by atoms with E-state index in [1.165, 1.54) is 0 Å². The number of benzene rings is 1. The van der Waals surface area contributed by atoms with Crippen molar-refractivity contribution in [1.82, 2.24) is 10.3 Å². The standard InChI is InChI=1S/C18H23N3O3S/c1-13-7-8-17(10-14(13)2)21(25(4,23)24)15(3)18(22)20-12-16-6-5-9-19-11-16/h5-11,15H,12H2,1-4H3,(H,20,22)/t15-/m0/s1. The molecule has 2 rings (SSSR count). The van der Waals surface area contributed by atoms with E-state index in [1.54, 1.807) is 37.5 Å². The van der Waals surface area contributed by atoms with E-state index in [0.717, 1.165) is 27.3 Å². The van der Waals surface area contributed by atoms with Crippen LogP contribution in [0.1, 0.15) is 23.6 Å². The third-order valence-electron chi connectivity index (χ3n) is 4.02. The van der Waals surface area contributed by atoms with Crippen LogP contribution in [0.2, 0.25) is 0 Å². The van der Waals surface area contributed by atoms with Crippen LogP contribution in [0, 0.1) is 13.8 Å². The van der Waals surface area contributed by atoms with Gasteiger partial charge in [-0.05, 0) is 55.7 Å². The highest BCUT2D eigenvalue weighted by Crippen LogP contribution is 2.23. The molecule has 0 aliphatic carbocycles. The summed E-state index contributed by atoms with van der Waals surface area (Å²) in [7, 11) is -3.61. The first-order chi connectivity index (χ1) is 11.7. The summed E-state index contributed by atoms with van der Waals surface area (Å²) in [6.45, 7) is 5.73. The predicted octanol–water partition coefficient (Wildman–Crippen LogP) is 2.17. The van der Waals surface area contributed by atoms with Crippen molar-refractivity contribution in [2.45, 2.75) is 33.4 Å². The topological polar surface area (TPSA) is 79.4 Å². The summed E-state index contributed by atoms with van der Waals surface area (Å²) >= 11 is 0. The van der Waals surface area contributed by atoms with Gasteiger partial charge < -0.3 is 5.32 Å². The van der Waals surface area contributed by atoms with Crippen LogP contribution in [0.3, 0.4) is 0 Å². The summed E-state index contributed by atoms with van der Waals surface area (Å²) in [5.74, 6) is -0.368. The molecule has 1 atom stereocenters. The Morgan fingerprint density at radius 2 is 1.96 bits per heavy atom. The van der Waals surface area contributed by atoms with E-state index in [2.05, 4.69) is 10.3 Å². The maximum absolute atomic E-state index is 12.5. The maximum Gasteiger partial charge on any atom is 0.243 e. The molecule has 6 nitrogen and oxygen atoms in total. The lowest BCUT2D eigenvalue weighted by atomic mass is 10.1. The van der Waals surface area contributed by atoms with Crippen molar-refractivity contribution < 1.29 is 13.2 Å². The zero-order valence-corrected chi connectivity index (χ0v) is 15.7. The van der Waals surface area contributed by atoms with E-state index in [0.29, 0.717) is 12.2 Å². The minimum absolute atomic E-state index is 0.293. The van der Waals surface area contributed by atoms with Crippen LogP contribution in [0.4, 0.5) is 5.69 Å². The van der Waals surface area contributed by atoms with Crippen molar-refractivity contribution in [3.63, 3.8) is 0 Å². The molecule has 1 amide bonds. The van der Waals surface area contributed by atoms with Crippen LogP contribution in [-0.2, 0) is 21.4 Å². The molecule has 0 fully saturated rings. The van der Waals surface area contributed by atoms with Crippen molar-refractivity contribution in [3.05, 3.63) is 59.4 Å². The average Bonchev–Trinajstić information content (AvgIpc) is 2.55. The Bertz CT molecular complexity index is 851. The molecule has 7 heteroatoms. The Kier molecular flexibility index (Phi) is 5.79. The van der Waals surface area contributed by atoms with Crippen LogP contribution in [0.25, 0.3) is 0 Å². The first-order valence-corrected chi connectivity index (χ1v) is 9.78. The molecule has 0 saturated heterocycles. The molecule has 1 aromatic heterocycles. The molecule has 0 saturated carbocycles. The van der Waals surface area contributed by atoms with Gasteiger partial charge in [0.25, 0.3) is 0 Å². The van der Waals surface area contributed by atoms with Crippen LogP contribution < -0.4 is 9.62 Å². The Hall–Kier alpha value is -2.41. The van der Waals surface area contributed by atoms with Crippen molar-refractivity contribution in [3.8, 4) is 0 Å². The largest absolute Gasteiger partial charge is 0.350 e. The molecule has 0 radical (unpaired) electrons. The molecular weight excluding hydrogens is 338 g/mol. The highest BCUT2D eigenvalue weighted by atomic mass is 32.2. The van der Waals surface area contributed by atoms with Gasteiger partial charge in [-0.3, -0.25) is 14.1 Å². The van der Waals surface area contributed by atoms with Crippen molar-refractivity contribution in [2.24, 2.45) is 0 Å². The number of rotatable bonds is 6. The number of amides is 1. The van der Waals surface area contributed by atoms with Gasteiger partial charge in [0.05, 0.1) is 11.9 Å². The predicted molar refractivity (Wildman–Crippen MR) is 98.8 cm³/mol. The number of pyridine rings is 1. The number of aryl methyl sites for hydroxylation is 2. The molecule has 2 aromatic rings. The molecule has 1 heterocycles. The molecule has 25 heavy (non-hydrogen) atoms. The van der Waals surface area contributed by atoms with Gasteiger partial charge in [0, 0.05) is 18.9 Å². The van der Waals surface area contributed by atoms with Gasteiger partial charge in [0.1, 0.15) is 6.04 Å². The van der Waals surface area contributed by atoms with Gasteiger partial charge in [-0.1, -0.05) is 12.1 Å². The molecule has 0 aliphatic rings. The lowest BCUT2D eigenvalue weighted by Gasteiger charge is -2.28. The molecule has 0 unspecified atom stereocenters. The fraction of sp³-hybridized carbons (Fsp3) is 0.333. The lowest BCUT2D eigenvalue weighted by Crippen LogP contribution is -2.47. The van der Waals surface area contributed by atoms with Gasteiger partial charge in [-0.2, -0.15) is 0 Å². The second-order valence-electron chi connectivity index (χ2n) is 6.08. The fourth-order valence-corrected chi connectivity index (χ4v) is 3.68. The Morgan fingerprint density at radius 1 is 1.24 bits per heavy atom. The Morgan fingerprint density at radius 3 is 2.52 bits per heavy atom. The van der Waals surface area contributed by atoms with E-state index in [4.69, 9.17) is 0 Å². The van der Waals surface area contributed by atoms with Crippen LogP contribution in [0.5, 0.6) is 0 Å². The summed E-state index contributed by atoms with van der Waals surface area (Å²) < 4.78 is 25.7.